The molecular formula is C12H26O4S. The van der Waals surface area contributed by atoms with E-state index < -0.39 is 0 Å². The Balaban J connectivity index is 2.85. The van der Waals surface area contributed by atoms with Crippen molar-refractivity contribution in [2.75, 3.05) is 52.0 Å². The van der Waals surface area contributed by atoms with E-state index in [1.54, 1.807) is 0 Å². The fourth-order valence-corrected chi connectivity index (χ4v) is 1.50. The number of aliphatic hydroxyl groups is 1. The van der Waals surface area contributed by atoms with Gasteiger partial charge in [0.1, 0.15) is 0 Å². The molecule has 0 aromatic heterocycles. The van der Waals surface area contributed by atoms with Crippen molar-refractivity contribution in [1.29, 1.82) is 0 Å². The first kappa shape index (κ1) is 17.2. The molecule has 0 saturated carbocycles. The molecule has 0 aliphatic rings. The lowest BCUT2D eigenvalue weighted by molar-refractivity contribution is 0.00720. The van der Waals surface area contributed by atoms with Gasteiger partial charge in [-0.3, -0.25) is 0 Å². The third-order valence-electron chi connectivity index (χ3n) is 2.18. The van der Waals surface area contributed by atoms with E-state index in [9.17, 15) is 0 Å². The number of hydrogen-bond acceptors (Lipinski definition) is 5. The summed E-state index contributed by atoms with van der Waals surface area (Å²) in [6, 6.07) is 0. The minimum atomic E-state index is 0.0658. The lowest BCUT2D eigenvalue weighted by Crippen LogP contribution is -2.11. The maximum Gasteiger partial charge on any atom is 0.0701 e. The van der Waals surface area contributed by atoms with Crippen LogP contribution in [-0.2, 0) is 14.2 Å². The van der Waals surface area contributed by atoms with Crippen molar-refractivity contribution >= 4 is 12.6 Å². The molecule has 5 heteroatoms. The summed E-state index contributed by atoms with van der Waals surface area (Å²) in [7, 11) is 0. The van der Waals surface area contributed by atoms with Crippen LogP contribution in [0, 0.1) is 0 Å². The maximum atomic E-state index is 8.45. The van der Waals surface area contributed by atoms with Crippen LogP contribution in [0.1, 0.15) is 25.7 Å². The second-order valence-electron chi connectivity index (χ2n) is 3.70. The Kier molecular flexibility index (Phi) is 16.4. The predicted molar refractivity (Wildman–Crippen MR) is 71.9 cm³/mol. The highest BCUT2D eigenvalue weighted by atomic mass is 32.1. The maximum absolute atomic E-state index is 8.45. The molecule has 0 bridgehead atoms. The molecule has 0 atom stereocenters. The van der Waals surface area contributed by atoms with Gasteiger partial charge in [0.15, 0.2) is 0 Å². The topological polar surface area (TPSA) is 47.9 Å². The van der Waals surface area contributed by atoms with Gasteiger partial charge < -0.3 is 19.3 Å². The summed E-state index contributed by atoms with van der Waals surface area (Å²) in [6.07, 6.45) is 4.77. The zero-order valence-corrected chi connectivity index (χ0v) is 11.5. The molecule has 0 spiro atoms. The Morgan fingerprint density at radius 2 is 1.18 bits per heavy atom. The summed E-state index contributed by atoms with van der Waals surface area (Å²) in [5.74, 6) is 0.979. The van der Waals surface area contributed by atoms with Crippen molar-refractivity contribution in [2.24, 2.45) is 0 Å². The first-order valence-corrected chi connectivity index (χ1v) is 7.00. The fraction of sp³-hybridized carbons (Fsp3) is 1.00. The molecule has 0 aliphatic carbocycles. The van der Waals surface area contributed by atoms with Crippen molar-refractivity contribution in [2.45, 2.75) is 25.7 Å². The van der Waals surface area contributed by atoms with Crippen LogP contribution in [0.15, 0.2) is 0 Å². The van der Waals surface area contributed by atoms with Crippen LogP contribution in [0.4, 0.5) is 0 Å². The predicted octanol–water partition coefficient (Wildman–Crippen LogP) is 1.52. The molecule has 0 amide bonds. The van der Waals surface area contributed by atoms with Gasteiger partial charge >= 0.3 is 0 Å². The molecule has 0 unspecified atom stereocenters. The van der Waals surface area contributed by atoms with Gasteiger partial charge in [0.05, 0.1) is 39.6 Å². The van der Waals surface area contributed by atoms with E-state index in [1.165, 1.54) is 19.3 Å². The minimum absolute atomic E-state index is 0.0658. The number of unbranched alkanes of at least 4 members (excludes halogenated alkanes) is 3. The molecule has 104 valence electrons. The molecule has 0 fully saturated rings. The van der Waals surface area contributed by atoms with E-state index in [0.29, 0.717) is 33.0 Å². The van der Waals surface area contributed by atoms with Gasteiger partial charge in [-0.2, -0.15) is 12.6 Å². The molecular weight excluding hydrogens is 240 g/mol. The van der Waals surface area contributed by atoms with Gasteiger partial charge in [-0.25, -0.2) is 0 Å². The number of hydrogen-bond donors (Lipinski definition) is 2. The molecule has 0 aliphatic heterocycles. The van der Waals surface area contributed by atoms with Crippen LogP contribution in [0.2, 0.25) is 0 Å². The molecule has 0 radical (unpaired) electrons. The van der Waals surface area contributed by atoms with Gasteiger partial charge in [0.25, 0.3) is 0 Å². The van der Waals surface area contributed by atoms with Crippen LogP contribution >= 0.6 is 12.6 Å². The van der Waals surface area contributed by atoms with Crippen molar-refractivity contribution in [3.8, 4) is 0 Å². The number of aliphatic hydroxyl groups excluding tert-OH is 1. The van der Waals surface area contributed by atoms with Crippen LogP contribution in [0.3, 0.4) is 0 Å². The fourth-order valence-electron chi connectivity index (χ4n) is 1.28. The molecule has 0 rings (SSSR count). The molecule has 0 saturated heterocycles. The molecule has 17 heavy (non-hydrogen) atoms. The van der Waals surface area contributed by atoms with E-state index in [4.69, 9.17) is 19.3 Å². The van der Waals surface area contributed by atoms with Crippen molar-refractivity contribution in [1.82, 2.24) is 0 Å². The molecule has 0 aromatic rings. The molecule has 4 nitrogen and oxygen atoms in total. The van der Waals surface area contributed by atoms with Crippen LogP contribution in [-0.4, -0.2) is 57.1 Å². The van der Waals surface area contributed by atoms with Crippen molar-refractivity contribution in [3.05, 3.63) is 0 Å². The highest BCUT2D eigenvalue weighted by Crippen LogP contribution is 2.00. The van der Waals surface area contributed by atoms with E-state index >= 15 is 0 Å². The Morgan fingerprint density at radius 1 is 0.647 bits per heavy atom. The van der Waals surface area contributed by atoms with Crippen molar-refractivity contribution < 1.29 is 19.3 Å². The Hall–Kier alpha value is 0.190. The largest absolute Gasteiger partial charge is 0.394 e. The Labute approximate surface area is 110 Å². The van der Waals surface area contributed by atoms with Crippen LogP contribution in [0.5, 0.6) is 0 Å². The summed E-state index contributed by atoms with van der Waals surface area (Å²) in [5, 5.41) is 8.45. The smallest absolute Gasteiger partial charge is 0.0701 e. The highest BCUT2D eigenvalue weighted by Gasteiger charge is 1.92. The highest BCUT2D eigenvalue weighted by molar-refractivity contribution is 7.80. The van der Waals surface area contributed by atoms with Crippen LogP contribution in [0.25, 0.3) is 0 Å². The zero-order chi connectivity index (χ0) is 12.6. The quantitative estimate of drug-likeness (QED) is 0.370. The summed E-state index contributed by atoms with van der Waals surface area (Å²) in [5.41, 5.74) is 0. The van der Waals surface area contributed by atoms with E-state index in [0.717, 1.165) is 18.8 Å². The number of rotatable bonds is 14. The van der Waals surface area contributed by atoms with Gasteiger partial charge in [-0.05, 0) is 18.6 Å². The Morgan fingerprint density at radius 3 is 1.76 bits per heavy atom. The summed E-state index contributed by atoms with van der Waals surface area (Å²) in [4.78, 5) is 0. The van der Waals surface area contributed by atoms with Crippen molar-refractivity contribution in [3.63, 3.8) is 0 Å². The SMILES string of the molecule is OCCOCCOCCOCCCCCCS. The van der Waals surface area contributed by atoms with Gasteiger partial charge in [-0.1, -0.05) is 12.8 Å². The molecule has 0 heterocycles. The first-order valence-electron chi connectivity index (χ1n) is 6.36. The summed E-state index contributed by atoms with van der Waals surface area (Å²) >= 11 is 4.16. The standard InChI is InChI=1S/C12H26O4S/c13-5-7-15-9-11-16-10-8-14-6-3-1-2-4-12-17/h13,17H,1-12H2. The molecule has 1 N–H and O–H groups in total. The average molecular weight is 266 g/mol. The summed E-state index contributed by atoms with van der Waals surface area (Å²) in [6.45, 7) is 3.61. The third kappa shape index (κ3) is 16.2. The Bertz CT molecular complexity index is 122. The van der Waals surface area contributed by atoms with Gasteiger partial charge in [0, 0.05) is 6.61 Å². The van der Waals surface area contributed by atoms with Gasteiger partial charge in [0.2, 0.25) is 0 Å². The minimum Gasteiger partial charge on any atom is -0.394 e. The third-order valence-corrected chi connectivity index (χ3v) is 2.49. The average Bonchev–Trinajstić information content (AvgIpc) is 2.35. The lowest BCUT2D eigenvalue weighted by Gasteiger charge is -2.06. The zero-order valence-electron chi connectivity index (χ0n) is 10.6. The van der Waals surface area contributed by atoms with Gasteiger partial charge in [-0.15, -0.1) is 0 Å². The second kappa shape index (κ2) is 16.2. The second-order valence-corrected chi connectivity index (χ2v) is 4.15. The van der Waals surface area contributed by atoms with Crippen LogP contribution < -0.4 is 0 Å². The van der Waals surface area contributed by atoms with E-state index in [-0.39, 0.29) is 6.61 Å². The summed E-state index contributed by atoms with van der Waals surface area (Å²) < 4.78 is 15.7. The van der Waals surface area contributed by atoms with E-state index in [2.05, 4.69) is 12.6 Å². The van der Waals surface area contributed by atoms with E-state index in [1.807, 2.05) is 0 Å². The lowest BCUT2D eigenvalue weighted by atomic mass is 10.2. The molecule has 0 aromatic carbocycles. The number of ether oxygens (including phenoxy) is 3. The normalized spacial score (nSPS) is 10.9. The number of thiol groups is 1. The first-order chi connectivity index (χ1) is 8.41. The monoisotopic (exact) mass is 266 g/mol.